The van der Waals surface area contributed by atoms with Gasteiger partial charge in [-0.3, -0.25) is 19.7 Å². The van der Waals surface area contributed by atoms with Crippen molar-refractivity contribution >= 4 is 28.9 Å². The van der Waals surface area contributed by atoms with Crippen molar-refractivity contribution in [1.29, 1.82) is 0 Å². The number of piperidine rings is 1. The van der Waals surface area contributed by atoms with E-state index in [4.69, 9.17) is 0 Å². The van der Waals surface area contributed by atoms with Gasteiger partial charge in [0.15, 0.2) is 0 Å². The van der Waals surface area contributed by atoms with Gasteiger partial charge in [0.05, 0.1) is 16.2 Å². The van der Waals surface area contributed by atoms with Crippen LogP contribution in [0.15, 0.2) is 42.5 Å². The van der Waals surface area contributed by atoms with Gasteiger partial charge in [-0.25, -0.2) is 0 Å². The van der Waals surface area contributed by atoms with Gasteiger partial charge < -0.3 is 15.5 Å². The first-order valence-corrected chi connectivity index (χ1v) is 10.6. The second-order valence-electron chi connectivity index (χ2n) is 8.03. The number of nitro benzene ring substituents is 1. The monoisotopic (exact) mass is 424 g/mol. The van der Waals surface area contributed by atoms with Gasteiger partial charge in [-0.15, -0.1) is 0 Å². The van der Waals surface area contributed by atoms with E-state index in [1.54, 1.807) is 18.2 Å². The van der Waals surface area contributed by atoms with Crippen molar-refractivity contribution < 1.29 is 14.5 Å². The lowest BCUT2D eigenvalue weighted by atomic mass is 10.1. The molecule has 1 heterocycles. The SMILES string of the molecule is CC(C)C(=O)Nc1ccc(CNC(=O)c2cc([N+](=O)[O-])ccc2N2CCCCC2)cc1. The topological polar surface area (TPSA) is 105 Å². The van der Waals surface area contributed by atoms with Crippen LogP contribution in [0.25, 0.3) is 0 Å². The maximum Gasteiger partial charge on any atom is 0.270 e. The van der Waals surface area contributed by atoms with E-state index in [0.717, 1.165) is 43.6 Å². The largest absolute Gasteiger partial charge is 0.371 e. The maximum absolute atomic E-state index is 12.9. The van der Waals surface area contributed by atoms with Crippen molar-refractivity contribution in [1.82, 2.24) is 5.32 Å². The molecule has 8 nitrogen and oxygen atoms in total. The Morgan fingerprint density at radius 1 is 1.06 bits per heavy atom. The summed E-state index contributed by atoms with van der Waals surface area (Å²) in [5.74, 6) is -0.513. The number of hydrogen-bond donors (Lipinski definition) is 2. The predicted molar refractivity (Wildman–Crippen MR) is 120 cm³/mol. The number of nitrogens with one attached hydrogen (secondary N) is 2. The molecule has 164 valence electrons. The number of anilines is 2. The summed E-state index contributed by atoms with van der Waals surface area (Å²) < 4.78 is 0. The zero-order chi connectivity index (χ0) is 22.4. The van der Waals surface area contributed by atoms with Crippen LogP contribution >= 0.6 is 0 Å². The highest BCUT2D eigenvalue weighted by Gasteiger charge is 2.21. The van der Waals surface area contributed by atoms with Gasteiger partial charge in [-0.1, -0.05) is 26.0 Å². The molecule has 31 heavy (non-hydrogen) atoms. The molecule has 0 saturated carbocycles. The van der Waals surface area contributed by atoms with Crippen LogP contribution in [0.3, 0.4) is 0 Å². The molecule has 1 aliphatic heterocycles. The highest BCUT2D eigenvalue weighted by molar-refractivity contribution is 6.00. The van der Waals surface area contributed by atoms with E-state index >= 15 is 0 Å². The molecule has 0 aromatic heterocycles. The first-order valence-electron chi connectivity index (χ1n) is 10.6. The Labute approximate surface area is 181 Å². The lowest BCUT2D eigenvalue weighted by molar-refractivity contribution is -0.384. The highest BCUT2D eigenvalue weighted by atomic mass is 16.6. The molecule has 0 bridgehead atoms. The van der Waals surface area contributed by atoms with Crippen LogP contribution < -0.4 is 15.5 Å². The van der Waals surface area contributed by atoms with Gasteiger partial charge in [0.25, 0.3) is 11.6 Å². The summed E-state index contributed by atoms with van der Waals surface area (Å²) >= 11 is 0. The second-order valence-corrected chi connectivity index (χ2v) is 8.03. The summed E-state index contributed by atoms with van der Waals surface area (Å²) in [7, 11) is 0. The lowest BCUT2D eigenvalue weighted by Crippen LogP contribution is -2.32. The molecule has 8 heteroatoms. The first kappa shape index (κ1) is 22.3. The average molecular weight is 425 g/mol. The number of carbonyl (C=O) groups excluding carboxylic acids is 2. The van der Waals surface area contributed by atoms with Crippen molar-refractivity contribution in [3.8, 4) is 0 Å². The Kier molecular flexibility index (Phi) is 7.23. The summed E-state index contributed by atoms with van der Waals surface area (Å²) in [4.78, 5) is 37.6. The highest BCUT2D eigenvalue weighted by Crippen LogP contribution is 2.28. The van der Waals surface area contributed by atoms with E-state index in [1.165, 1.54) is 12.1 Å². The van der Waals surface area contributed by atoms with Gasteiger partial charge in [0.2, 0.25) is 5.91 Å². The Morgan fingerprint density at radius 2 is 1.74 bits per heavy atom. The quantitative estimate of drug-likeness (QED) is 0.514. The average Bonchev–Trinajstić information content (AvgIpc) is 2.78. The number of rotatable bonds is 7. The zero-order valence-corrected chi connectivity index (χ0v) is 17.9. The van der Waals surface area contributed by atoms with E-state index in [-0.39, 0.29) is 30.0 Å². The molecular weight excluding hydrogens is 396 g/mol. The van der Waals surface area contributed by atoms with Gasteiger partial charge in [0, 0.05) is 43.4 Å². The van der Waals surface area contributed by atoms with Crippen LogP contribution in [-0.2, 0) is 11.3 Å². The Balaban J connectivity index is 1.71. The lowest BCUT2D eigenvalue weighted by Gasteiger charge is -2.30. The smallest absolute Gasteiger partial charge is 0.270 e. The zero-order valence-electron chi connectivity index (χ0n) is 17.9. The molecule has 2 aromatic carbocycles. The Morgan fingerprint density at radius 3 is 2.35 bits per heavy atom. The molecule has 3 rings (SSSR count). The third-order valence-electron chi connectivity index (χ3n) is 5.33. The van der Waals surface area contributed by atoms with E-state index in [1.807, 2.05) is 26.0 Å². The molecule has 1 saturated heterocycles. The van der Waals surface area contributed by atoms with E-state index < -0.39 is 4.92 Å². The number of non-ortho nitro benzene ring substituents is 1. The van der Waals surface area contributed by atoms with Crippen LogP contribution in [0.1, 0.15) is 49.0 Å². The normalized spacial score (nSPS) is 13.7. The number of hydrogen-bond acceptors (Lipinski definition) is 5. The van der Waals surface area contributed by atoms with E-state index in [9.17, 15) is 19.7 Å². The van der Waals surface area contributed by atoms with Crippen LogP contribution in [0.4, 0.5) is 17.1 Å². The van der Waals surface area contributed by atoms with Crippen LogP contribution in [0, 0.1) is 16.0 Å². The number of carbonyl (C=O) groups is 2. The maximum atomic E-state index is 12.9. The van der Waals surface area contributed by atoms with Crippen molar-refractivity contribution in [3.05, 3.63) is 63.7 Å². The molecule has 2 N–H and O–H groups in total. The Hall–Kier alpha value is -3.42. The molecule has 0 aliphatic carbocycles. The summed E-state index contributed by atoms with van der Waals surface area (Å²) in [5.41, 5.74) is 2.50. The van der Waals surface area contributed by atoms with Crippen molar-refractivity contribution in [2.45, 2.75) is 39.7 Å². The first-order chi connectivity index (χ1) is 14.8. The summed E-state index contributed by atoms with van der Waals surface area (Å²) in [6.07, 6.45) is 3.23. The third kappa shape index (κ3) is 5.81. The van der Waals surface area contributed by atoms with Crippen molar-refractivity contribution in [2.24, 2.45) is 5.92 Å². The molecular formula is C23H28N4O4. The van der Waals surface area contributed by atoms with Crippen molar-refractivity contribution in [2.75, 3.05) is 23.3 Å². The fraction of sp³-hybridized carbons (Fsp3) is 0.391. The number of nitrogens with zero attached hydrogens (tertiary/aromatic N) is 2. The van der Waals surface area contributed by atoms with Crippen LogP contribution in [-0.4, -0.2) is 29.8 Å². The number of amides is 2. The Bertz CT molecular complexity index is 951. The number of nitro groups is 1. The third-order valence-corrected chi connectivity index (χ3v) is 5.33. The second kappa shape index (κ2) is 10.1. The van der Waals surface area contributed by atoms with Crippen LogP contribution in [0.2, 0.25) is 0 Å². The van der Waals surface area contributed by atoms with E-state index in [2.05, 4.69) is 15.5 Å². The van der Waals surface area contributed by atoms with Gasteiger partial charge in [-0.2, -0.15) is 0 Å². The van der Waals surface area contributed by atoms with Crippen molar-refractivity contribution in [3.63, 3.8) is 0 Å². The summed E-state index contributed by atoms with van der Waals surface area (Å²) in [6, 6.07) is 11.7. The van der Waals surface area contributed by atoms with E-state index in [0.29, 0.717) is 11.3 Å². The molecule has 0 atom stereocenters. The van der Waals surface area contributed by atoms with Gasteiger partial charge in [0.1, 0.15) is 0 Å². The minimum Gasteiger partial charge on any atom is -0.371 e. The minimum absolute atomic E-state index is 0.0584. The minimum atomic E-state index is -0.485. The summed E-state index contributed by atoms with van der Waals surface area (Å²) in [5, 5.41) is 16.9. The predicted octanol–water partition coefficient (Wildman–Crippen LogP) is 4.11. The molecule has 1 aliphatic rings. The molecule has 1 fully saturated rings. The summed E-state index contributed by atoms with van der Waals surface area (Å²) in [6.45, 7) is 5.60. The van der Waals surface area contributed by atoms with Crippen LogP contribution in [0.5, 0.6) is 0 Å². The fourth-order valence-electron chi connectivity index (χ4n) is 3.50. The molecule has 0 radical (unpaired) electrons. The molecule has 0 unspecified atom stereocenters. The molecule has 2 aromatic rings. The van der Waals surface area contributed by atoms with Gasteiger partial charge >= 0.3 is 0 Å². The number of benzene rings is 2. The fourth-order valence-corrected chi connectivity index (χ4v) is 3.50. The van der Waals surface area contributed by atoms with Gasteiger partial charge in [-0.05, 0) is 43.0 Å². The standard InChI is InChI=1S/C23H28N4O4/c1-16(2)22(28)25-18-8-6-17(7-9-18)15-24-23(29)20-14-19(27(30)31)10-11-21(20)26-12-4-3-5-13-26/h6-11,14,16H,3-5,12-13,15H2,1-2H3,(H,24,29)(H,25,28). The molecule has 2 amide bonds. The molecule has 0 spiro atoms.